The summed E-state index contributed by atoms with van der Waals surface area (Å²) in [5.74, 6) is -0.146. The van der Waals surface area contributed by atoms with Gasteiger partial charge in [-0.1, -0.05) is 6.92 Å². The van der Waals surface area contributed by atoms with Crippen LogP contribution in [0.1, 0.15) is 12.5 Å². The molecule has 68 valence electrons. The van der Waals surface area contributed by atoms with Crippen LogP contribution in [0.4, 0.5) is 10.1 Å². The zero-order valence-corrected chi connectivity index (χ0v) is 8.12. The number of anilines is 1. The Balaban J connectivity index is 2.85. The molecule has 0 bridgehead atoms. The lowest BCUT2D eigenvalue weighted by atomic mass is 10.1. The molecule has 0 aliphatic heterocycles. The molecule has 0 radical (unpaired) electrons. The van der Waals surface area contributed by atoms with Crippen molar-refractivity contribution in [2.75, 3.05) is 5.73 Å². The van der Waals surface area contributed by atoms with Crippen LogP contribution < -0.4 is 5.73 Å². The summed E-state index contributed by atoms with van der Waals surface area (Å²) < 4.78 is 14.4. The van der Waals surface area contributed by atoms with Crippen LogP contribution in [-0.2, 0) is 6.42 Å². The van der Waals surface area contributed by atoms with Gasteiger partial charge < -0.3 is 5.73 Å². The Labute approximate surface area is 80.0 Å². The molecule has 1 aromatic carbocycles. The normalized spacial score (nSPS) is 10.9. The molecule has 13 heavy (non-hydrogen) atoms. The van der Waals surface area contributed by atoms with Gasteiger partial charge in [0.2, 0.25) is 0 Å². The van der Waals surface area contributed by atoms with Gasteiger partial charge in [-0.25, -0.2) is 4.39 Å². The van der Waals surface area contributed by atoms with E-state index in [-0.39, 0.29) is 5.82 Å². The van der Waals surface area contributed by atoms with E-state index in [0.717, 1.165) is 5.39 Å². The first-order valence-corrected chi connectivity index (χ1v) is 5.06. The van der Waals surface area contributed by atoms with E-state index in [1.165, 1.54) is 11.3 Å². The molecule has 1 nitrogen and oxygen atoms in total. The molecular weight excluding hydrogens is 185 g/mol. The van der Waals surface area contributed by atoms with Gasteiger partial charge in [0.25, 0.3) is 0 Å². The van der Waals surface area contributed by atoms with Gasteiger partial charge in [0.05, 0.1) is 4.70 Å². The van der Waals surface area contributed by atoms with Gasteiger partial charge in [-0.3, -0.25) is 0 Å². The van der Waals surface area contributed by atoms with Crippen molar-refractivity contribution in [1.82, 2.24) is 0 Å². The summed E-state index contributed by atoms with van der Waals surface area (Å²) in [4.78, 5) is 0. The van der Waals surface area contributed by atoms with E-state index < -0.39 is 0 Å². The van der Waals surface area contributed by atoms with Crippen LogP contribution >= 0.6 is 11.3 Å². The lowest BCUT2D eigenvalue weighted by Gasteiger charge is -2.04. The number of halogens is 1. The predicted octanol–water partition coefficient (Wildman–Crippen LogP) is 3.19. The van der Waals surface area contributed by atoms with Crippen LogP contribution in [0.5, 0.6) is 0 Å². The maximum atomic E-state index is 13.7. The molecule has 2 N–H and O–H groups in total. The molecule has 0 fully saturated rings. The predicted molar refractivity (Wildman–Crippen MR) is 55.6 cm³/mol. The van der Waals surface area contributed by atoms with Crippen LogP contribution in [0, 0.1) is 5.82 Å². The highest BCUT2D eigenvalue weighted by atomic mass is 32.1. The molecule has 0 amide bonds. The van der Waals surface area contributed by atoms with Crippen molar-refractivity contribution in [3.8, 4) is 0 Å². The van der Waals surface area contributed by atoms with Crippen molar-refractivity contribution < 1.29 is 4.39 Å². The topological polar surface area (TPSA) is 26.0 Å². The van der Waals surface area contributed by atoms with E-state index in [4.69, 9.17) is 5.73 Å². The molecule has 0 saturated heterocycles. The number of nitrogens with two attached hydrogens (primary N) is 1. The second-order valence-corrected chi connectivity index (χ2v) is 3.87. The van der Waals surface area contributed by atoms with Crippen LogP contribution in [-0.4, -0.2) is 0 Å². The second-order valence-electron chi connectivity index (χ2n) is 2.95. The minimum atomic E-state index is -0.146. The van der Waals surface area contributed by atoms with Crippen molar-refractivity contribution in [3.05, 3.63) is 28.9 Å². The minimum absolute atomic E-state index is 0.146. The van der Waals surface area contributed by atoms with Gasteiger partial charge in [-0.05, 0) is 29.3 Å². The Kier molecular flexibility index (Phi) is 1.96. The highest BCUT2D eigenvalue weighted by Crippen LogP contribution is 2.30. The molecule has 0 saturated carbocycles. The van der Waals surface area contributed by atoms with Crippen LogP contribution in [0.2, 0.25) is 0 Å². The first-order valence-electron chi connectivity index (χ1n) is 4.18. The summed E-state index contributed by atoms with van der Waals surface area (Å²) >= 11 is 1.42. The number of benzene rings is 1. The van der Waals surface area contributed by atoms with Gasteiger partial charge in [-0.2, -0.15) is 0 Å². The highest BCUT2D eigenvalue weighted by Gasteiger charge is 2.10. The number of hydrogen-bond donors (Lipinski definition) is 1. The smallest absolute Gasteiger partial charge is 0.146 e. The Hall–Kier alpha value is -1.09. The summed E-state index contributed by atoms with van der Waals surface area (Å²) in [5, 5.41) is 2.78. The van der Waals surface area contributed by atoms with E-state index >= 15 is 0 Å². The maximum absolute atomic E-state index is 13.7. The van der Waals surface area contributed by atoms with E-state index in [1.807, 2.05) is 24.4 Å². The molecule has 1 heterocycles. The van der Waals surface area contributed by atoms with Crippen LogP contribution in [0.25, 0.3) is 10.1 Å². The van der Waals surface area contributed by atoms with E-state index in [1.54, 1.807) is 0 Å². The number of thiophene rings is 1. The number of nitrogen functional groups attached to an aromatic ring is 1. The van der Waals surface area contributed by atoms with Gasteiger partial charge in [0, 0.05) is 11.3 Å². The largest absolute Gasteiger partial charge is 0.398 e. The Morgan fingerprint density at radius 2 is 2.31 bits per heavy atom. The molecular formula is C10H10FNS. The van der Waals surface area contributed by atoms with Crippen molar-refractivity contribution in [3.63, 3.8) is 0 Å². The molecule has 0 aliphatic carbocycles. The zero-order valence-electron chi connectivity index (χ0n) is 7.30. The average molecular weight is 195 g/mol. The standard InChI is InChI=1S/C10H10FNS/c1-2-7-8(12)5-6-3-4-13-10(6)9(7)11/h3-5H,2,12H2,1H3. The number of rotatable bonds is 1. The third kappa shape index (κ3) is 1.20. The fourth-order valence-electron chi connectivity index (χ4n) is 1.49. The third-order valence-electron chi connectivity index (χ3n) is 2.17. The molecule has 0 atom stereocenters. The van der Waals surface area contributed by atoms with Crippen LogP contribution in [0.3, 0.4) is 0 Å². The van der Waals surface area contributed by atoms with Gasteiger partial charge in [-0.15, -0.1) is 11.3 Å². The molecule has 0 unspecified atom stereocenters. The van der Waals surface area contributed by atoms with Crippen LogP contribution in [0.15, 0.2) is 17.5 Å². The van der Waals surface area contributed by atoms with Crippen molar-refractivity contribution >= 4 is 27.1 Å². The second kappa shape index (κ2) is 3.00. The number of hydrogen-bond acceptors (Lipinski definition) is 2. The monoisotopic (exact) mass is 195 g/mol. The van der Waals surface area contributed by atoms with Gasteiger partial charge in [0.15, 0.2) is 0 Å². The Bertz CT molecular complexity index is 447. The van der Waals surface area contributed by atoms with Gasteiger partial charge in [0.1, 0.15) is 5.82 Å². The third-order valence-corrected chi connectivity index (χ3v) is 3.10. The Morgan fingerprint density at radius 3 is 3.00 bits per heavy atom. The zero-order chi connectivity index (χ0) is 9.42. The fraction of sp³-hybridized carbons (Fsp3) is 0.200. The lowest BCUT2D eigenvalue weighted by molar-refractivity contribution is 0.627. The Morgan fingerprint density at radius 1 is 1.54 bits per heavy atom. The average Bonchev–Trinajstić information content (AvgIpc) is 2.53. The van der Waals surface area contributed by atoms with Crippen molar-refractivity contribution in [1.29, 1.82) is 0 Å². The SMILES string of the molecule is CCc1c(N)cc2ccsc2c1F. The first-order chi connectivity index (χ1) is 6.24. The number of fused-ring (bicyclic) bond motifs is 1. The fourth-order valence-corrected chi connectivity index (χ4v) is 2.33. The first kappa shape index (κ1) is 8.51. The summed E-state index contributed by atoms with van der Waals surface area (Å²) in [7, 11) is 0. The highest BCUT2D eigenvalue weighted by molar-refractivity contribution is 7.17. The molecule has 0 spiro atoms. The minimum Gasteiger partial charge on any atom is -0.398 e. The summed E-state index contributed by atoms with van der Waals surface area (Å²) in [6, 6.07) is 3.73. The molecule has 3 heteroatoms. The molecule has 2 rings (SSSR count). The quantitative estimate of drug-likeness (QED) is 0.695. The molecule has 1 aromatic heterocycles. The van der Waals surface area contributed by atoms with Gasteiger partial charge >= 0.3 is 0 Å². The summed E-state index contributed by atoms with van der Waals surface area (Å²) in [6.45, 7) is 1.91. The van der Waals surface area contributed by atoms with Crippen molar-refractivity contribution in [2.24, 2.45) is 0 Å². The molecule has 2 aromatic rings. The lowest BCUT2D eigenvalue weighted by Crippen LogP contribution is -1.96. The van der Waals surface area contributed by atoms with E-state index in [9.17, 15) is 4.39 Å². The van der Waals surface area contributed by atoms with E-state index in [0.29, 0.717) is 22.4 Å². The summed E-state index contributed by atoms with van der Waals surface area (Å²) in [5.41, 5.74) is 6.92. The summed E-state index contributed by atoms with van der Waals surface area (Å²) in [6.07, 6.45) is 0.644. The van der Waals surface area contributed by atoms with E-state index in [2.05, 4.69) is 0 Å². The van der Waals surface area contributed by atoms with Crippen molar-refractivity contribution in [2.45, 2.75) is 13.3 Å². The maximum Gasteiger partial charge on any atom is 0.146 e. The molecule has 0 aliphatic rings.